The molecule has 1 aromatic rings. The largest absolute Gasteiger partial charge is 0.481 e. The third-order valence-electron chi connectivity index (χ3n) is 3.71. The van der Waals surface area contributed by atoms with Gasteiger partial charge in [-0.1, -0.05) is 24.3 Å². The number of nitrogens with one attached hydrogen (secondary N) is 1. The molecule has 1 aromatic carbocycles. The minimum Gasteiger partial charge on any atom is -0.481 e. The number of amides is 1. The highest BCUT2D eigenvalue weighted by molar-refractivity contribution is 5.83. The molecule has 2 N–H and O–H groups in total. The second-order valence-electron chi connectivity index (χ2n) is 5.35. The maximum Gasteiger partial charge on any atom is 0.305 e. The van der Waals surface area contributed by atoms with E-state index in [2.05, 4.69) is 5.32 Å². The van der Waals surface area contributed by atoms with Crippen LogP contribution in [0.4, 0.5) is 0 Å². The summed E-state index contributed by atoms with van der Waals surface area (Å²) >= 11 is 0. The molecule has 3 atom stereocenters. The number of carbonyl (C=O) groups excluding carboxylic acids is 1. The van der Waals surface area contributed by atoms with E-state index in [0.717, 1.165) is 11.1 Å². The van der Waals surface area contributed by atoms with E-state index in [0.29, 0.717) is 13.0 Å². The van der Waals surface area contributed by atoms with Crippen LogP contribution in [-0.2, 0) is 14.3 Å². The van der Waals surface area contributed by atoms with Crippen molar-refractivity contribution in [1.29, 1.82) is 0 Å². The summed E-state index contributed by atoms with van der Waals surface area (Å²) in [6.07, 6.45) is 0.577. The summed E-state index contributed by atoms with van der Waals surface area (Å²) in [5.74, 6) is -1.20. The number of hydrogen-bond donors (Lipinski definition) is 2. The first-order chi connectivity index (χ1) is 10.0. The van der Waals surface area contributed by atoms with Crippen LogP contribution >= 0.6 is 0 Å². The van der Waals surface area contributed by atoms with Gasteiger partial charge in [-0.25, -0.2) is 0 Å². The van der Waals surface area contributed by atoms with Crippen LogP contribution in [0.5, 0.6) is 0 Å². The van der Waals surface area contributed by atoms with Crippen LogP contribution in [0.25, 0.3) is 0 Å². The zero-order valence-electron chi connectivity index (χ0n) is 12.3. The fourth-order valence-electron chi connectivity index (χ4n) is 2.52. The average molecular weight is 291 g/mol. The Morgan fingerprint density at radius 3 is 2.76 bits per heavy atom. The van der Waals surface area contributed by atoms with Crippen molar-refractivity contribution in [2.75, 3.05) is 6.61 Å². The zero-order valence-corrected chi connectivity index (χ0v) is 12.3. The first-order valence-electron chi connectivity index (χ1n) is 7.22. The van der Waals surface area contributed by atoms with Gasteiger partial charge in [0.05, 0.1) is 24.5 Å². The van der Waals surface area contributed by atoms with Gasteiger partial charge in [0.2, 0.25) is 5.91 Å². The lowest BCUT2D eigenvalue weighted by molar-refractivity contribution is -0.137. The fourth-order valence-corrected chi connectivity index (χ4v) is 2.52. The minimum absolute atomic E-state index is 0.0163. The Bertz CT molecular complexity index is 529. The third-order valence-corrected chi connectivity index (χ3v) is 3.71. The summed E-state index contributed by atoms with van der Waals surface area (Å²) in [7, 11) is 0. The molecule has 0 spiro atoms. The number of ether oxygens (including phenoxy) is 1. The number of carbonyl (C=O) groups is 2. The highest BCUT2D eigenvalue weighted by Crippen LogP contribution is 2.34. The molecule has 0 heterocycles. The van der Waals surface area contributed by atoms with E-state index in [-0.39, 0.29) is 24.3 Å². The average Bonchev–Trinajstić information content (AvgIpc) is 3.18. The van der Waals surface area contributed by atoms with E-state index in [9.17, 15) is 9.59 Å². The molecule has 1 aliphatic rings. The van der Waals surface area contributed by atoms with Gasteiger partial charge < -0.3 is 15.2 Å². The van der Waals surface area contributed by atoms with E-state index in [4.69, 9.17) is 9.84 Å². The highest BCUT2D eigenvalue weighted by atomic mass is 16.5. The quantitative estimate of drug-likeness (QED) is 0.806. The van der Waals surface area contributed by atoms with Gasteiger partial charge in [0, 0.05) is 6.61 Å². The minimum atomic E-state index is -0.930. The molecule has 5 heteroatoms. The van der Waals surface area contributed by atoms with Crippen LogP contribution < -0.4 is 5.32 Å². The third kappa shape index (κ3) is 4.04. The molecule has 0 saturated heterocycles. The van der Waals surface area contributed by atoms with Crippen molar-refractivity contribution in [2.45, 2.75) is 38.8 Å². The summed E-state index contributed by atoms with van der Waals surface area (Å²) in [4.78, 5) is 23.2. The Balaban J connectivity index is 2.06. The molecule has 21 heavy (non-hydrogen) atoms. The Morgan fingerprint density at radius 2 is 2.14 bits per heavy atom. The van der Waals surface area contributed by atoms with Gasteiger partial charge in [0.25, 0.3) is 0 Å². The molecule has 114 valence electrons. The Labute approximate surface area is 124 Å². The summed E-state index contributed by atoms with van der Waals surface area (Å²) in [6.45, 7) is 4.40. The molecule has 0 aliphatic heterocycles. The molecule has 0 aromatic heterocycles. The van der Waals surface area contributed by atoms with Gasteiger partial charge in [-0.2, -0.15) is 0 Å². The molecule has 0 radical (unpaired) electrons. The number of aryl methyl sites for hydroxylation is 1. The monoisotopic (exact) mass is 291 g/mol. The lowest BCUT2D eigenvalue weighted by atomic mass is 9.98. The van der Waals surface area contributed by atoms with E-state index in [1.54, 1.807) is 0 Å². The van der Waals surface area contributed by atoms with E-state index < -0.39 is 12.0 Å². The molecule has 0 bridgehead atoms. The number of benzene rings is 1. The van der Waals surface area contributed by atoms with Crippen LogP contribution in [0.15, 0.2) is 24.3 Å². The number of carboxylic acid groups (broad SMARTS) is 1. The first-order valence-corrected chi connectivity index (χ1v) is 7.22. The van der Waals surface area contributed by atoms with Crippen molar-refractivity contribution in [3.63, 3.8) is 0 Å². The molecular formula is C16H21NO4. The SMILES string of the molecule is CCO[C@@H]1C[C@H]1C(=O)N[C@H](CC(=O)O)c1ccccc1C. The van der Waals surface area contributed by atoms with Crippen molar-refractivity contribution in [2.24, 2.45) is 5.92 Å². The summed E-state index contributed by atoms with van der Waals surface area (Å²) < 4.78 is 5.40. The summed E-state index contributed by atoms with van der Waals surface area (Å²) in [6, 6.07) is 7.01. The maximum atomic E-state index is 12.2. The van der Waals surface area contributed by atoms with Crippen LogP contribution in [0.3, 0.4) is 0 Å². The van der Waals surface area contributed by atoms with Crippen LogP contribution in [0.2, 0.25) is 0 Å². The molecule has 1 fully saturated rings. The topological polar surface area (TPSA) is 75.6 Å². The van der Waals surface area contributed by atoms with Crippen LogP contribution in [0.1, 0.15) is 36.9 Å². The molecule has 5 nitrogen and oxygen atoms in total. The van der Waals surface area contributed by atoms with Crippen LogP contribution in [0, 0.1) is 12.8 Å². The number of aliphatic carboxylic acids is 1. The maximum absolute atomic E-state index is 12.2. The molecule has 1 amide bonds. The lowest BCUT2D eigenvalue weighted by Crippen LogP contribution is -2.32. The number of rotatable bonds is 7. The van der Waals surface area contributed by atoms with Crippen molar-refractivity contribution in [3.05, 3.63) is 35.4 Å². The van der Waals surface area contributed by atoms with E-state index >= 15 is 0 Å². The Hall–Kier alpha value is -1.88. The van der Waals surface area contributed by atoms with Gasteiger partial charge in [0.1, 0.15) is 0 Å². The predicted octanol–water partition coefficient (Wildman–Crippen LogP) is 2.05. The predicted molar refractivity (Wildman–Crippen MR) is 77.8 cm³/mol. The number of hydrogen-bond acceptors (Lipinski definition) is 3. The molecule has 0 unspecified atom stereocenters. The van der Waals surface area contributed by atoms with Crippen molar-refractivity contribution in [1.82, 2.24) is 5.32 Å². The molecule has 1 saturated carbocycles. The van der Waals surface area contributed by atoms with E-state index in [1.807, 2.05) is 38.1 Å². The summed E-state index contributed by atoms with van der Waals surface area (Å²) in [5.41, 5.74) is 1.82. The normalized spacial score (nSPS) is 21.6. The van der Waals surface area contributed by atoms with Crippen LogP contribution in [-0.4, -0.2) is 29.7 Å². The molecule has 2 rings (SSSR count). The lowest BCUT2D eigenvalue weighted by Gasteiger charge is -2.19. The fraction of sp³-hybridized carbons (Fsp3) is 0.500. The Morgan fingerprint density at radius 1 is 1.43 bits per heavy atom. The van der Waals surface area contributed by atoms with Gasteiger partial charge >= 0.3 is 5.97 Å². The first kappa shape index (κ1) is 15.5. The highest BCUT2D eigenvalue weighted by Gasteiger charge is 2.44. The van der Waals surface area contributed by atoms with Gasteiger partial charge in [0.15, 0.2) is 0 Å². The zero-order chi connectivity index (χ0) is 15.4. The standard InChI is InChI=1S/C16H21NO4/c1-3-21-14-8-12(14)16(20)17-13(9-15(18)19)11-7-5-4-6-10(11)2/h4-7,12-14H,3,8-9H2,1-2H3,(H,17,20)(H,18,19)/t12-,13-,14-/m1/s1. The Kier molecular flexibility index (Phi) is 4.96. The number of carboxylic acids is 1. The van der Waals surface area contributed by atoms with E-state index in [1.165, 1.54) is 0 Å². The summed E-state index contributed by atoms with van der Waals surface area (Å²) in [5, 5.41) is 11.9. The van der Waals surface area contributed by atoms with Gasteiger partial charge in [-0.3, -0.25) is 9.59 Å². The van der Waals surface area contributed by atoms with Crippen molar-refractivity contribution >= 4 is 11.9 Å². The van der Waals surface area contributed by atoms with Gasteiger partial charge in [-0.05, 0) is 31.4 Å². The second-order valence-corrected chi connectivity index (χ2v) is 5.35. The van der Waals surface area contributed by atoms with Gasteiger partial charge in [-0.15, -0.1) is 0 Å². The second kappa shape index (κ2) is 6.72. The smallest absolute Gasteiger partial charge is 0.305 e. The molecular weight excluding hydrogens is 270 g/mol. The molecule has 1 aliphatic carbocycles. The van der Waals surface area contributed by atoms with Crippen molar-refractivity contribution < 1.29 is 19.4 Å². The van der Waals surface area contributed by atoms with Crippen molar-refractivity contribution in [3.8, 4) is 0 Å².